The zero-order valence-corrected chi connectivity index (χ0v) is 9.79. The van der Waals surface area contributed by atoms with E-state index >= 15 is 0 Å². The van der Waals surface area contributed by atoms with Crippen molar-refractivity contribution in [1.29, 1.82) is 0 Å². The topological polar surface area (TPSA) is 76.0 Å². The average molecular weight is 226 g/mol. The Hall–Kier alpha value is 0.0700. The molecule has 0 atom stereocenters. The Labute approximate surface area is 84.7 Å². The van der Waals surface area contributed by atoms with E-state index in [1.807, 2.05) is 13.8 Å². The number of hydrogen-bond donors (Lipinski definition) is 2. The van der Waals surface area contributed by atoms with Crippen LogP contribution in [-0.2, 0) is 13.8 Å². The van der Waals surface area contributed by atoms with E-state index in [0.29, 0.717) is 0 Å². The second-order valence-electron chi connectivity index (χ2n) is 3.68. The van der Waals surface area contributed by atoms with E-state index < -0.39 is 7.82 Å². The number of rotatable bonds is 7. The van der Waals surface area contributed by atoms with Crippen LogP contribution in [0.25, 0.3) is 0 Å². The van der Waals surface area contributed by atoms with E-state index in [2.05, 4.69) is 11.4 Å². The zero-order valence-electron chi connectivity index (χ0n) is 8.89. The molecule has 0 bridgehead atoms. The van der Waals surface area contributed by atoms with Gasteiger partial charge >= 0.3 is 7.82 Å². The van der Waals surface area contributed by atoms with Crippen LogP contribution in [0.4, 0.5) is 0 Å². The van der Waals surface area contributed by atoms with Gasteiger partial charge in [-0.25, -0.2) is 4.57 Å². The maximum Gasteiger partial charge on any atom is 0.469 e. The van der Waals surface area contributed by atoms with Gasteiger partial charge in [0.15, 0.2) is 0 Å². The van der Waals surface area contributed by atoms with Crippen LogP contribution in [0, 0.1) is 0 Å². The quantitative estimate of drug-likeness (QED) is 0.510. The molecule has 5 nitrogen and oxygen atoms in total. The molecule has 14 heavy (non-hydrogen) atoms. The van der Waals surface area contributed by atoms with Gasteiger partial charge in [0.25, 0.3) is 0 Å². The van der Waals surface area contributed by atoms with E-state index in [9.17, 15) is 4.57 Å². The zero-order chi connectivity index (χ0) is 11.2. The lowest BCUT2D eigenvalue weighted by atomic mass is 10.0. The molecule has 0 spiro atoms. The van der Waals surface area contributed by atoms with Gasteiger partial charge in [-0.3, -0.25) is 4.52 Å². The highest BCUT2D eigenvalue weighted by molar-refractivity contribution is 7.46. The molecule has 0 saturated heterocycles. The lowest BCUT2D eigenvalue weighted by molar-refractivity contribution is -0.0380. The third-order valence-corrected chi connectivity index (χ3v) is 2.21. The molecule has 2 N–H and O–H groups in total. The van der Waals surface area contributed by atoms with Gasteiger partial charge in [0.05, 0.1) is 18.8 Å². The lowest BCUT2D eigenvalue weighted by Crippen LogP contribution is -2.25. The van der Waals surface area contributed by atoms with Crippen molar-refractivity contribution in [3.05, 3.63) is 0 Å². The molecule has 0 heterocycles. The first-order valence-electron chi connectivity index (χ1n) is 4.61. The van der Waals surface area contributed by atoms with Crippen LogP contribution in [-0.4, -0.2) is 28.6 Å². The number of hydrogen-bond acceptors (Lipinski definition) is 3. The minimum absolute atomic E-state index is 0.0859. The summed E-state index contributed by atoms with van der Waals surface area (Å²) in [5.41, 5.74) is -0.257. The van der Waals surface area contributed by atoms with Gasteiger partial charge in [0.1, 0.15) is 0 Å². The van der Waals surface area contributed by atoms with Crippen molar-refractivity contribution in [2.75, 3.05) is 13.2 Å². The standard InChI is InChI=1S/C8H19O5P/c1-4-5-8(2,3)12-6-7-13-14(9,10)11/h4-7H2,1-3H3,(H2,9,10,11). The van der Waals surface area contributed by atoms with Gasteiger partial charge in [-0.15, -0.1) is 0 Å². The molecule has 0 aromatic rings. The highest BCUT2D eigenvalue weighted by Gasteiger charge is 2.18. The van der Waals surface area contributed by atoms with Gasteiger partial charge in [0, 0.05) is 0 Å². The van der Waals surface area contributed by atoms with Crippen molar-refractivity contribution < 1.29 is 23.6 Å². The second kappa shape index (κ2) is 5.83. The Kier molecular flexibility index (Phi) is 5.86. The Balaban J connectivity index is 3.59. The van der Waals surface area contributed by atoms with Crippen molar-refractivity contribution >= 4 is 7.82 Å². The first kappa shape index (κ1) is 14.1. The molecule has 0 saturated carbocycles. The van der Waals surface area contributed by atoms with Crippen LogP contribution in [0.5, 0.6) is 0 Å². The van der Waals surface area contributed by atoms with Gasteiger partial charge in [-0.1, -0.05) is 13.3 Å². The van der Waals surface area contributed by atoms with Gasteiger partial charge < -0.3 is 14.5 Å². The Morgan fingerprint density at radius 1 is 1.29 bits per heavy atom. The van der Waals surface area contributed by atoms with Crippen molar-refractivity contribution in [1.82, 2.24) is 0 Å². The molecule has 0 aliphatic carbocycles. The second-order valence-corrected chi connectivity index (χ2v) is 4.92. The fourth-order valence-electron chi connectivity index (χ4n) is 1.15. The van der Waals surface area contributed by atoms with Crippen molar-refractivity contribution in [2.45, 2.75) is 39.2 Å². The average Bonchev–Trinajstić information content (AvgIpc) is 1.96. The Morgan fingerprint density at radius 3 is 2.29 bits per heavy atom. The fourth-order valence-corrected chi connectivity index (χ4v) is 1.46. The third-order valence-electron chi connectivity index (χ3n) is 1.69. The number of ether oxygens (including phenoxy) is 1. The van der Waals surface area contributed by atoms with Crippen LogP contribution in [0.1, 0.15) is 33.6 Å². The van der Waals surface area contributed by atoms with E-state index in [1.54, 1.807) is 0 Å². The highest BCUT2D eigenvalue weighted by atomic mass is 31.2. The monoisotopic (exact) mass is 226 g/mol. The molecule has 86 valence electrons. The minimum atomic E-state index is -4.34. The van der Waals surface area contributed by atoms with Crippen LogP contribution in [0.3, 0.4) is 0 Å². The van der Waals surface area contributed by atoms with E-state index in [1.165, 1.54) is 0 Å². The highest BCUT2D eigenvalue weighted by Crippen LogP contribution is 2.35. The molecule has 6 heteroatoms. The fraction of sp³-hybridized carbons (Fsp3) is 1.00. The predicted molar refractivity (Wildman–Crippen MR) is 52.9 cm³/mol. The summed E-state index contributed by atoms with van der Waals surface area (Å²) in [6.07, 6.45) is 1.91. The van der Waals surface area contributed by atoms with Crippen LogP contribution < -0.4 is 0 Å². The molecule has 0 aromatic heterocycles. The van der Waals surface area contributed by atoms with Gasteiger partial charge in [-0.2, -0.15) is 0 Å². The Morgan fingerprint density at radius 2 is 1.86 bits per heavy atom. The van der Waals surface area contributed by atoms with Crippen LogP contribution in [0.2, 0.25) is 0 Å². The van der Waals surface area contributed by atoms with Crippen molar-refractivity contribution in [2.24, 2.45) is 0 Å². The molecule has 0 aromatic carbocycles. The molecule has 0 aliphatic heterocycles. The number of phosphoric acid groups is 1. The first-order chi connectivity index (χ1) is 6.27. The molecular formula is C8H19O5P. The largest absolute Gasteiger partial charge is 0.469 e. The number of phosphoric ester groups is 1. The summed E-state index contributed by atoms with van der Waals surface area (Å²) in [4.78, 5) is 16.8. The normalized spacial score (nSPS) is 13.2. The smallest absolute Gasteiger partial charge is 0.373 e. The third kappa shape index (κ3) is 8.66. The van der Waals surface area contributed by atoms with Crippen LogP contribution >= 0.6 is 7.82 Å². The summed E-state index contributed by atoms with van der Waals surface area (Å²) in [6.45, 7) is 6.04. The Bertz CT molecular complexity index is 198. The first-order valence-corrected chi connectivity index (χ1v) is 6.14. The molecule has 0 amide bonds. The summed E-state index contributed by atoms with van der Waals surface area (Å²) < 4.78 is 19.9. The van der Waals surface area contributed by atoms with Gasteiger partial charge in [-0.05, 0) is 20.3 Å². The summed E-state index contributed by atoms with van der Waals surface area (Å²) in [5.74, 6) is 0. The summed E-state index contributed by atoms with van der Waals surface area (Å²) in [7, 11) is -4.34. The molecule has 0 rings (SSSR count). The summed E-state index contributed by atoms with van der Waals surface area (Å²) >= 11 is 0. The maximum absolute atomic E-state index is 10.3. The predicted octanol–water partition coefficient (Wildman–Crippen LogP) is 1.69. The molecule has 0 radical (unpaired) electrons. The summed E-state index contributed by atoms with van der Waals surface area (Å²) in [6, 6.07) is 0. The lowest BCUT2D eigenvalue weighted by Gasteiger charge is -2.24. The van der Waals surface area contributed by atoms with E-state index in [-0.39, 0.29) is 18.8 Å². The molecule has 0 aliphatic rings. The molecule has 0 fully saturated rings. The molecule has 0 unspecified atom stereocenters. The van der Waals surface area contributed by atoms with E-state index in [4.69, 9.17) is 14.5 Å². The minimum Gasteiger partial charge on any atom is -0.373 e. The van der Waals surface area contributed by atoms with Crippen molar-refractivity contribution in [3.8, 4) is 0 Å². The maximum atomic E-state index is 10.3. The van der Waals surface area contributed by atoms with Crippen molar-refractivity contribution in [3.63, 3.8) is 0 Å². The van der Waals surface area contributed by atoms with Gasteiger partial charge in [0.2, 0.25) is 0 Å². The molecular weight excluding hydrogens is 207 g/mol. The SMILES string of the molecule is CCCC(C)(C)OCCOP(=O)(O)O. The summed E-state index contributed by atoms with van der Waals surface area (Å²) in [5, 5.41) is 0. The van der Waals surface area contributed by atoms with Crippen LogP contribution in [0.15, 0.2) is 0 Å². The van der Waals surface area contributed by atoms with E-state index in [0.717, 1.165) is 12.8 Å².